The number of nitrogens with zero attached hydrogens (tertiary/aromatic N) is 3. The van der Waals surface area contributed by atoms with Crippen molar-refractivity contribution in [3.63, 3.8) is 0 Å². The van der Waals surface area contributed by atoms with Gasteiger partial charge < -0.3 is 4.57 Å². The molecule has 1 aliphatic rings. The standard InChI is InChI=1S/C20H19Cl2N3OS/c1-24-20(25-11-10-23-14-25,15-2-4-16(21)5-3-15)12-18(26-24)13-27-19-8-6-17(22)7-9-19/h2-11,14,18H,12-13H2,1H3/t18-,20+/m0/s1. The third-order valence-corrected chi connectivity index (χ3v) is 6.48. The summed E-state index contributed by atoms with van der Waals surface area (Å²) in [5.74, 6) is 0.843. The number of rotatable bonds is 5. The lowest BCUT2D eigenvalue weighted by Gasteiger charge is -2.35. The molecule has 4 rings (SSSR count). The first kappa shape index (κ1) is 18.8. The van der Waals surface area contributed by atoms with Gasteiger partial charge in [-0.2, -0.15) is 5.06 Å². The maximum atomic E-state index is 6.24. The number of aromatic nitrogens is 2. The molecule has 140 valence electrons. The second kappa shape index (κ2) is 7.86. The van der Waals surface area contributed by atoms with Crippen LogP contribution in [0.4, 0.5) is 0 Å². The predicted molar refractivity (Wildman–Crippen MR) is 110 cm³/mol. The Morgan fingerprint density at radius 1 is 1.11 bits per heavy atom. The highest BCUT2D eigenvalue weighted by Crippen LogP contribution is 2.42. The molecule has 0 unspecified atom stereocenters. The summed E-state index contributed by atoms with van der Waals surface area (Å²) in [5.41, 5.74) is 0.665. The molecule has 0 aliphatic carbocycles. The van der Waals surface area contributed by atoms with E-state index >= 15 is 0 Å². The van der Waals surface area contributed by atoms with Crippen LogP contribution in [-0.4, -0.2) is 33.5 Å². The zero-order valence-electron chi connectivity index (χ0n) is 14.8. The minimum absolute atomic E-state index is 0.0637. The number of hydrogen-bond acceptors (Lipinski definition) is 4. The van der Waals surface area contributed by atoms with Crippen molar-refractivity contribution in [3.8, 4) is 0 Å². The van der Waals surface area contributed by atoms with Gasteiger partial charge in [-0.1, -0.05) is 35.3 Å². The molecule has 3 aromatic rings. The fourth-order valence-corrected chi connectivity index (χ4v) is 4.65. The topological polar surface area (TPSA) is 30.3 Å². The van der Waals surface area contributed by atoms with Gasteiger partial charge in [0, 0.05) is 46.6 Å². The quantitative estimate of drug-likeness (QED) is 0.523. The Morgan fingerprint density at radius 3 is 2.41 bits per heavy atom. The average molecular weight is 420 g/mol. The van der Waals surface area contributed by atoms with Crippen molar-refractivity contribution >= 4 is 35.0 Å². The van der Waals surface area contributed by atoms with Crippen molar-refractivity contribution < 1.29 is 4.84 Å². The molecule has 1 aromatic heterocycles. The van der Waals surface area contributed by atoms with E-state index in [1.54, 1.807) is 18.0 Å². The van der Waals surface area contributed by atoms with Gasteiger partial charge in [-0.3, -0.25) is 4.84 Å². The van der Waals surface area contributed by atoms with Gasteiger partial charge in [0.15, 0.2) is 0 Å². The maximum Gasteiger partial charge on any atom is 0.149 e. The molecule has 4 nitrogen and oxygen atoms in total. The minimum atomic E-state index is -0.452. The van der Waals surface area contributed by atoms with Gasteiger partial charge in [-0.15, -0.1) is 11.8 Å². The molecular formula is C20H19Cl2N3OS. The first-order valence-corrected chi connectivity index (χ1v) is 10.4. The molecule has 0 spiro atoms. The van der Waals surface area contributed by atoms with Crippen LogP contribution in [0.1, 0.15) is 12.0 Å². The third-order valence-electron chi connectivity index (χ3n) is 4.83. The molecule has 27 heavy (non-hydrogen) atoms. The number of imidazole rings is 1. The second-order valence-corrected chi connectivity index (χ2v) is 8.45. The van der Waals surface area contributed by atoms with Gasteiger partial charge in [0.25, 0.3) is 0 Å². The van der Waals surface area contributed by atoms with E-state index in [0.717, 1.165) is 27.8 Å². The Labute approximate surface area is 173 Å². The van der Waals surface area contributed by atoms with Gasteiger partial charge in [-0.05, 0) is 42.0 Å². The van der Waals surface area contributed by atoms with Crippen molar-refractivity contribution in [2.24, 2.45) is 0 Å². The largest absolute Gasteiger partial charge is 0.312 e. The lowest BCUT2D eigenvalue weighted by Crippen LogP contribution is -2.44. The summed E-state index contributed by atoms with van der Waals surface area (Å²) < 4.78 is 2.10. The Balaban J connectivity index is 1.58. The van der Waals surface area contributed by atoms with E-state index in [4.69, 9.17) is 28.0 Å². The second-order valence-electron chi connectivity index (χ2n) is 6.49. The summed E-state index contributed by atoms with van der Waals surface area (Å²) in [6.45, 7) is 0. The Hall–Kier alpha value is -1.50. The number of benzene rings is 2. The third kappa shape index (κ3) is 3.75. The van der Waals surface area contributed by atoms with Crippen LogP contribution in [0.3, 0.4) is 0 Å². The van der Waals surface area contributed by atoms with Crippen LogP contribution in [0.25, 0.3) is 0 Å². The molecule has 0 N–H and O–H groups in total. The molecule has 0 amide bonds. The molecular weight excluding hydrogens is 401 g/mol. The molecule has 1 saturated heterocycles. The molecule has 0 radical (unpaired) electrons. The highest BCUT2D eigenvalue weighted by atomic mass is 35.5. The van der Waals surface area contributed by atoms with E-state index in [0.29, 0.717) is 0 Å². The van der Waals surface area contributed by atoms with E-state index in [1.165, 1.54) is 4.90 Å². The van der Waals surface area contributed by atoms with E-state index in [-0.39, 0.29) is 6.10 Å². The van der Waals surface area contributed by atoms with Crippen molar-refractivity contribution in [3.05, 3.63) is 82.9 Å². The zero-order valence-corrected chi connectivity index (χ0v) is 17.1. The van der Waals surface area contributed by atoms with Crippen LogP contribution in [0.15, 0.2) is 72.1 Å². The van der Waals surface area contributed by atoms with E-state index < -0.39 is 5.66 Å². The number of hydroxylamine groups is 2. The number of halogens is 2. The smallest absolute Gasteiger partial charge is 0.149 e. The summed E-state index contributed by atoms with van der Waals surface area (Å²) in [6, 6.07) is 15.8. The average Bonchev–Trinajstić information content (AvgIpc) is 3.31. The zero-order chi connectivity index (χ0) is 18.9. The van der Waals surface area contributed by atoms with Crippen LogP contribution >= 0.6 is 35.0 Å². The summed E-state index contributed by atoms with van der Waals surface area (Å²) in [6.07, 6.45) is 6.48. The van der Waals surface area contributed by atoms with Crippen LogP contribution in [0, 0.1) is 0 Å². The Bertz CT molecular complexity index is 887. The molecule has 0 bridgehead atoms. The summed E-state index contributed by atoms with van der Waals surface area (Å²) in [7, 11) is 1.97. The fourth-order valence-electron chi connectivity index (χ4n) is 3.51. The number of hydrogen-bond donors (Lipinski definition) is 0. The SMILES string of the molecule is CN1O[C@H](CSc2ccc(Cl)cc2)C[C@]1(c1ccc(Cl)cc1)n1ccnc1. The molecule has 1 aliphatic heterocycles. The van der Waals surface area contributed by atoms with E-state index in [1.807, 2.05) is 61.0 Å². The molecule has 0 saturated carbocycles. The Kier molecular flexibility index (Phi) is 5.48. The van der Waals surface area contributed by atoms with Gasteiger partial charge in [-0.25, -0.2) is 4.98 Å². The summed E-state index contributed by atoms with van der Waals surface area (Å²) in [4.78, 5) is 11.7. The molecule has 2 heterocycles. The van der Waals surface area contributed by atoms with Crippen LogP contribution in [0.5, 0.6) is 0 Å². The van der Waals surface area contributed by atoms with Gasteiger partial charge >= 0.3 is 0 Å². The lowest BCUT2D eigenvalue weighted by atomic mass is 9.94. The molecule has 2 aromatic carbocycles. The summed E-state index contributed by atoms with van der Waals surface area (Å²) in [5, 5.41) is 3.40. The van der Waals surface area contributed by atoms with Gasteiger partial charge in [0.2, 0.25) is 0 Å². The number of thioether (sulfide) groups is 1. The molecule has 2 atom stereocenters. The normalized spacial score (nSPS) is 23.0. The van der Waals surface area contributed by atoms with Crippen molar-refractivity contribution in [1.29, 1.82) is 0 Å². The fraction of sp³-hybridized carbons (Fsp3) is 0.250. The van der Waals surface area contributed by atoms with Gasteiger partial charge in [0.1, 0.15) is 5.66 Å². The highest BCUT2D eigenvalue weighted by Gasteiger charge is 2.48. The van der Waals surface area contributed by atoms with Crippen molar-refractivity contribution in [2.45, 2.75) is 23.1 Å². The van der Waals surface area contributed by atoms with E-state index in [2.05, 4.69) is 21.7 Å². The monoisotopic (exact) mass is 419 g/mol. The van der Waals surface area contributed by atoms with Crippen LogP contribution in [0.2, 0.25) is 10.0 Å². The van der Waals surface area contributed by atoms with Crippen LogP contribution in [-0.2, 0) is 10.5 Å². The van der Waals surface area contributed by atoms with Crippen molar-refractivity contribution in [1.82, 2.24) is 14.6 Å². The summed E-state index contributed by atoms with van der Waals surface area (Å²) >= 11 is 13.8. The minimum Gasteiger partial charge on any atom is -0.312 e. The Morgan fingerprint density at radius 2 is 1.78 bits per heavy atom. The first-order chi connectivity index (χ1) is 13.1. The predicted octanol–water partition coefficient (Wildman–Crippen LogP) is 5.32. The maximum absolute atomic E-state index is 6.24. The van der Waals surface area contributed by atoms with Crippen molar-refractivity contribution in [2.75, 3.05) is 12.8 Å². The molecule has 7 heteroatoms. The lowest BCUT2D eigenvalue weighted by molar-refractivity contribution is -0.173. The van der Waals surface area contributed by atoms with Crippen LogP contribution < -0.4 is 0 Å². The first-order valence-electron chi connectivity index (χ1n) is 8.61. The van der Waals surface area contributed by atoms with E-state index in [9.17, 15) is 0 Å². The van der Waals surface area contributed by atoms with Gasteiger partial charge in [0.05, 0.1) is 12.4 Å². The highest BCUT2D eigenvalue weighted by molar-refractivity contribution is 7.99. The molecule has 1 fully saturated rings.